The van der Waals surface area contributed by atoms with Crippen molar-refractivity contribution in [2.75, 3.05) is 42.9 Å². The van der Waals surface area contributed by atoms with E-state index >= 15 is 4.39 Å². The highest BCUT2D eigenvalue weighted by Crippen LogP contribution is 2.45. The van der Waals surface area contributed by atoms with Gasteiger partial charge in [0.05, 0.1) is 27.7 Å². The summed E-state index contributed by atoms with van der Waals surface area (Å²) in [5, 5.41) is 21.8. The van der Waals surface area contributed by atoms with Gasteiger partial charge in [0.1, 0.15) is 24.4 Å². The number of pyridine rings is 1. The van der Waals surface area contributed by atoms with E-state index in [-0.39, 0.29) is 83.0 Å². The zero-order chi connectivity index (χ0) is 40.3. The predicted molar refractivity (Wildman–Crippen MR) is 201 cm³/mol. The van der Waals surface area contributed by atoms with Crippen molar-refractivity contribution in [2.45, 2.75) is 58.4 Å². The summed E-state index contributed by atoms with van der Waals surface area (Å²) in [6.07, 6.45) is -0.962. The Morgan fingerprint density at radius 2 is 1.81 bits per heavy atom. The number of fused-ring (bicyclic) bond motifs is 2. The molecule has 19 heteroatoms. The molecule has 0 bridgehead atoms. The molecule has 1 saturated carbocycles. The quantitative estimate of drug-likeness (QED) is 0.196. The molecule has 0 spiro atoms. The van der Waals surface area contributed by atoms with Crippen molar-refractivity contribution in [3.05, 3.63) is 92.0 Å². The maximum Gasteiger partial charge on any atom is 0.416 e. The number of alkyl halides is 3. The van der Waals surface area contributed by atoms with E-state index in [4.69, 9.17) is 11.6 Å². The number of anilines is 2. The number of carbonyl (C=O) groups is 2. The van der Waals surface area contributed by atoms with Crippen LogP contribution in [0.4, 0.5) is 28.9 Å². The lowest BCUT2D eigenvalue weighted by Gasteiger charge is -2.36. The zero-order valence-corrected chi connectivity index (χ0v) is 31.6. The second-order valence-electron chi connectivity index (χ2n) is 14.5. The molecule has 2 unspecified atom stereocenters. The normalized spacial score (nSPS) is 18.3. The molecule has 3 aromatic heterocycles. The first-order chi connectivity index (χ1) is 27.2. The first-order valence-electron chi connectivity index (χ1n) is 18.5. The Morgan fingerprint density at radius 1 is 1.04 bits per heavy atom. The third-order valence-electron chi connectivity index (χ3n) is 11.0. The molecule has 2 atom stereocenters. The van der Waals surface area contributed by atoms with Gasteiger partial charge in [0.2, 0.25) is 11.3 Å². The number of rotatable bonds is 9. The van der Waals surface area contributed by atoms with Gasteiger partial charge in [0.15, 0.2) is 22.6 Å². The van der Waals surface area contributed by atoms with Crippen LogP contribution in [0.25, 0.3) is 16.9 Å². The topological polar surface area (TPSA) is 155 Å². The molecule has 57 heavy (non-hydrogen) atoms. The number of piperidine rings is 1. The molecule has 14 nitrogen and oxygen atoms in total. The number of aromatic hydroxyl groups is 1. The average Bonchev–Trinajstić information content (AvgIpc) is 3.64. The van der Waals surface area contributed by atoms with Crippen molar-refractivity contribution in [3.8, 4) is 11.4 Å². The molecular weight excluding hydrogens is 772 g/mol. The fourth-order valence-corrected chi connectivity index (χ4v) is 8.05. The summed E-state index contributed by atoms with van der Waals surface area (Å²) in [5.74, 6) is -1.25. The minimum Gasteiger partial charge on any atom is -0.504 e. The van der Waals surface area contributed by atoms with Crippen molar-refractivity contribution in [3.63, 3.8) is 0 Å². The lowest BCUT2D eigenvalue weighted by molar-refractivity contribution is -0.137. The summed E-state index contributed by atoms with van der Waals surface area (Å²) in [4.78, 5) is 56.0. The van der Waals surface area contributed by atoms with Crippen molar-refractivity contribution in [2.24, 2.45) is 5.92 Å². The molecular formula is C38H37ClF4N10O4. The Hall–Kier alpha value is -5.62. The highest BCUT2D eigenvalue weighted by molar-refractivity contribution is 6.33. The summed E-state index contributed by atoms with van der Waals surface area (Å²) >= 11 is 6.15. The van der Waals surface area contributed by atoms with E-state index in [0.29, 0.717) is 35.8 Å². The number of nitrogens with one attached hydrogen (secondary N) is 1. The Kier molecular flexibility index (Phi) is 9.88. The van der Waals surface area contributed by atoms with Crippen molar-refractivity contribution in [1.82, 2.24) is 39.3 Å². The van der Waals surface area contributed by atoms with Crippen LogP contribution in [0.5, 0.6) is 5.75 Å². The van der Waals surface area contributed by atoms with E-state index < -0.39 is 41.3 Å². The van der Waals surface area contributed by atoms with Gasteiger partial charge in [-0.25, -0.2) is 14.4 Å². The summed E-state index contributed by atoms with van der Waals surface area (Å²) < 4.78 is 56.9. The van der Waals surface area contributed by atoms with Gasteiger partial charge < -0.3 is 24.8 Å². The Bertz CT molecular complexity index is 2480. The van der Waals surface area contributed by atoms with Crippen LogP contribution in [0.2, 0.25) is 5.02 Å². The summed E-state index contributed by atoms with van der Waals surface area (Å²) in [6, 6.07) is 7.72. The highest BCUT2D eigenvalue weighted by Gasteiger charge is 2.46. The molecule has 5 heterocycles. The number of halogens is 5. The number of hydrogen-bond acceptors (Lipinski definition) is 10. The van der Waals surface area contributed by atoms with Crippen LogP contribution in [-0.4, -0.2) is 95.0 Å². The third kappa shape index (κ3) is 7.27. The number of hydrogen-bond donors (Lipinski definition) is 2. The zero-order valence-electron chi connectivity index (χ0n) is 30.9. The Balaban J connectivity index is 1.13. The van der Waals surface area contributed by atoms with Gasteiger partial charge in [-0.1, -0.05) is 24.6 Å². The van der Waals surface area contributed by atoms with Gasteiger partial charge in [-0.15, -0.1) is 15.0 Å². The standard InChI is InChI=1S/C38H37ClF4N10O4/c1-3-28-33(49-10-12-50(13-11-49)37(57)32-34(55)20(2)44-19-45-32)35(56)31-36(52(28)18-30(54)46-27-7-5-23(15-25(27)39)38(41,42)43)48-53(47-31)24-6-4-22(26(40)16-24)17-51-9-8-21-14-29(21)51/h4-7,15-16,19,21,29,55H,3,8-14,17-18H2,1-2H3,(H,46,54). The molecule has 2 saturated heterocycles. The molecule has 1 aliphatic carbocycles. The van der Waals surface area contributed by atoms with Crippen LogP contribution in [0.15, 0.2) is 47.5 Å². The van der Waals surface area contributed by atoms with Gasteiger partial charge in [-0.3, -0.25) is 19.3 Å². The third-order valence-corrected chi connectivity index (χ3v) is 11.3. The fraction of sp³-hybridized carbons (Fsp3) is 0.395. The van der Waals surface area contributed by atoms with Crippen LogP contribution < -0.4 is 15.6 Å². The molecule has 8 rings (SSSR count). The number of amides is 2. The number of aryl methyl sites for hydroxylation is 1. The van der Waals surface area contributed by atoms with Crippen LogP contribution in [0.1, 0.15) is 52.8 Å². The van der Waals surface area contributed by atoms with E-state index in [9.17, 15) is 32.7 Å². The summed E-state index contributed by atoms with van der Waals surface area (Å²) in [6.45, 7) is 4.99. The van der Waals surface area contributed by atoms with E-state index in [1.54, 1.807) is 30.9 Å². The maximum atomic E-state index is 15.6. The monoisotopic (exact) mass is 808 g/mol. The van der Waals surface area contributed by atoms with Crippen LogP contribution in [0, 0.1) is 18.7 Å². The minimum absolute atomic E-state index is 0.0269. The number of likely N-dealkylation sites (tertiary alicyclic amines) is 1. The van der Waals surface area contributed by atoms with Gasteiger partial charge in [0.25, 0.3) is 5.91 Å². The number of aromatic nitrogens is 6. The van der Waals surface area contributed by atoms with Crippen molar-refractivity contribution < 1.29 is 32.3 Å². The van der Waals surface area contributed by atoms with Crippen molar-refractivity contribution >= 4 is 46.0 Å². The van der Waals surface area contributed by atoms with Crippen molar-refractivity contribution in [1.29, 1.82) is 0 Å². The van der Waals surface area contributed by atoms with E-state index in [1.807, 2.05) is 0 Å². The maximum absolute atomic E-state index is 15.6. The molecule has 3 fully saturated rings. The molecule has 3 aliphatic rings. The molecule has 0 radical (unpaired) electrons. The second kappa shape index (κ2) is 14.7. The van der Waals surface area contributed by atoms with Gasteiger partial charge >= 0.3 is 6.18 Å². The largest absolute Gasteiger partial charge is 0.504 e. The number of nitrogens with zero attached hydrogens (tertiary/aromatic N) is 9. The van der Waals surface area contributed by atoms with E-state index in [1.165, 1.54) is 21.9 Å². The van der Waals surface area contributed by atoms with Gasteiger partial charge in [-0.2, -0.15) is 13.2 Å². The molecule has 2 aromatic carbocycles. The second-order valence-corrected chi connectivity index (χ2v) is 14.9. The Morgan fingerprint density at radius 3 is 2.46 bits per heavy atom. The molecule has 5 aromatic rings. The van der Waals surface area contributed by atoms with Crippen LogP contribution >= 0.6 is 11.6 Å². The molecule has 2 aliphatic heterocycles. The molecule has 298 valence electrons. The van der Waals surface area contributed by atoms with Gasteiger partial charge in [-0.05, 0) is 62.9 Å². The lowest BCUT2D eigenvalue weighted by Crippen LogP contribution is -2.50. The smallest absolute Gasteiger partial charge is 0.416 e. The minimum atomic E-state index is -4.64. The fourth-order valence-electron chi connectivity index (χ4n) is 7.82. The number of piperazine rings is 1. The highest BCUT2D eigenvalue weighted by atomic mass is 35.5. The SMILES string of the molecule is CCc1c(N2CCN(C(=O)c3ncnc(C)c3O)CC2)c(=O)c2nn(-c3ccc(CN4CCC5CC54)c(F)c3)nc2n1CC(=O)Nc1ccc(C(F)(F)F)cc1Cl. The predicted octanol–water partition coefficient (Wildman–Crippen LogP) is 4.96. The van der Waals surface area contributed by atoms with Gasteiger partial charge in [0, 0.05) is 56.1 Å². The summed E-state index contributed by atoms with van der Waals surface area (Å²) in [5.41, 5.74) is -0.0960. The van der Waals surface area contributed by atoms with Crippen LogP contribution in [-0.2, 0) is 30.5 Å². The number of benzene rings is 2. The van der Waals surface area contributed by atoms with E-state index in [2.05, 4.69) is 30.4 Å². The van der Waals surface area contributed by atoms with E-state index in [0.717, 1.165) is 36.3 Å². The average molecular weight is 809 g/mol. The summed E-state index contributed by atoms with van der Waals surface area (Å²) in [7, 11) is 0. The number of carbonyl (C=O) groups excluding carboxylic acids is 2. The first-order valence-corrected chi connectivity index (χ1v) is 18.9. The Labute approximate surface area is 327 Å². The first kappa shape index (κ1) is 38.3. The molecule has 2 N–H and O–H groups in total. The van der Waals surface area contributed by atoms with Crippen LogP contribution in [0.3, 0.4) is 0 Å². The molecule has 2 amide bonds. The lowest BCUT2D eigenvalue weighted by atomic mass is 10.1.